The van der Waals surface area contributed by atoms with Gasteiger partial charge >= 0.3 is 0 Å². The zero-order chi connectivity index (χ0) is 7.98. The molecule has 0 rings (SSSR count). The molecule has 0 N–H and O–H groups in total. The first kappa shape index (κ1) is 9.19. The van der Waals surface area contributed by atoms with Crippen molar-refractivity contribution in [2.75, 3.05) is 13.1 Å². The second kappa shape index (κ2) is 5.01. The van der Waals surface area contributed by atoms with Gasteiger partial charge < -0.3 is 0 Å². The van der Waals surface area contributed by atoms with E-state index in [1.54, 1.807) is 6.08 Å². The largest absolute Gasteiger partial charge is 0.285 e. The fourth-order valence-electron chi connectivity index (χ4n) is 0.900. The van der Waals surface area contributed by atoms with E-state index in [9.17, 15) is 0 Å². The molecule has 0 aromatic carbocycles. The standard InChI is InChI=1S/C8H14N2/c1-4-8(7-9)10(5-2)6-3/h4,8H,1,5-6H2,2-3H3. The molecule has 0 fully saturated rings. The summed E-state index contributed by atoms with van der Waals surface area (Å²) in [5.74, 6) is 0. The normalized spacial score (nSPS) is 12.6. The van der Waals surface area contributed by atoms with Crippen molar-refractivity contribution in [3.05, 3.63) is 12.7 Å². The smallest absolute Gasteiger partial charge is 0.116 e. The summed E-state index contributed by atoms with van der Waals surface area (Å²) in [6.07, 6.45) is 1.67. The quantitative estimate of drug-likeness (QED) is 0.549. The summed E-state index contributed by atoms with van der Waals surface area (Å²) in [5.41, 5.74) is 0. The van der Waals surface area contributed by atoms with Gasteiger partial charge in [0, 0.05) is 0 Å². The third-order valence-corrected chi connectivity index (χ3v) is 1.56. The van der Waals surface area contributed by atoms with Crippen LogP contribution in [0.5, 0.6) is 0 Å². The topological polar surface area (TPSA) is 27.0 Å². The lowest BCUT2D eigenvalue weighted by Crippen LogP contribution is -2.32. The molecule has 10 heavy (non-hydrogen) atoms. The zero-order valence-electron chi connectivity index (χ0n) is 6.67. The molecule has 0 aliphatic carbocycles. The van der Waals surface area contributed by atoms with E-state index < -0.39 is 0 Å². The lowest BCUT2D eigenvalue weighted by atomic mass is 10.3. The number of nitrogens with zero attached hydrogens (tertiary/aromatic N) is 2. The van der Waals surface area contributed by atoms with Gasteiger partial charge in [0.1, 0.15) is 6.04 Å². The Morgan fingerprint density at radius 2 is 2.10 bits per heavy atom. The van der Waals surface area contributed by atoms with Gasteiger partial charge in [0.05, 0.1) is 6.07 Å². The van der Waals surface area contributed by atoms with Gasteiger partial charge in [-0.05, 0) is 13.1 Å². The SMILES string of the molecule is C=CC(C#N)N(CC)CC. The van der Waals surface area contributed by atoms with E-state index in [-0.39, 0.29) is 6.04 Å². The molecule has 0 amide bonds. The average molecular weight is 138 g/mol. The molecular weight excluding hydrogens is 124 g/mol. The first-order valence-electron chi connectivity index (χ1n) is 3.56. The second-order valence-electron chi connectivity index (χ2n) is 2.03. The highest BCUT2D eigenvalue weighted by Gasteiger charge is 2.08. The maximum Gasteiger partial charge on any atom is 0.116 e. The van der Waals surface area contributed by atoms with Crippen molar-refractivity contribution in [2.45, 2.75) is 19.9 Å². The van der Waals surface area contributed by atoms with Crippen LogP contribution in [0, 0.1) is 11.3 Å². The minimum atomic E-state index is -0.116. The van der Waals surface area contributed by atoms with Gasteiger partial charge in [0.25, 0.3) is 0 Å². The number of rotatable bonds is 4. The van der Waals surface area contributed by atoms with Gasteiger partial charge in [0.2, 0.25) is 0 Å². The number of likely N-dealkylation sites (N-methyl/N-ethyl adjacent to an activating group) is 1. The van der Waals surface area contributed by atoms with E-state index >= 15 is 0 Å². The van der Waals surface area contributed by atoms with Gasteiger partial charge in [-0.15, -0.1) is 6.58 Å². The zero-order valence-corrected chi connectivity index (χ0v) is 6.67. The van der Waals surface area contributed by atoms with Crippen LogP contribution in [-0.4, -0.2) is 24.0 Å². The highest BCUT2D eigenvalue weighted by molar-refractivity contribution is 5.03. The molecule has 0 heterocycles. The molecule has 0 saturated carbocycles. The van der Waals surface area contributed by atoms with Crippen LogP contribution in [0.2, 0.25) is 0 Å². The Balaban J connectivity index is 3.98. The van der Waals surface area contributed by atoms with E-state index in [0.29, 0.717) is 0 Å². The molecule has 0 aliphatic rings. The Hall–Kier alpha value is -0.810. The highest BCUT2D eigenvalue weighted by atomic mass is 15.1. The van der Waals surface area contributed by atoms with E-state index in [0.717, 1.165) is 13.1 Å². The maximum atomic E-state index is 8.60. The molecule has 2 heteroatoms. The molecule has 0 bridgehead atoms. The molecule has 1 atom stereocenters. The van der Waals surface area contributed by atoms with Crippen LogP contribution in [0.1, 0.15) is 13.8 Å². The van der Waals surface area contributed by atoms with E-state index in [1.807, 2.05) is 18.7 Å². The molecule has 0 radical (unpaired) electrons. The Kier molecular flexibility index (Phi) is 4.61. The van der Waals surface area contributed by atoms with Crippen LogP contribution in [0.4, 0.5) is 0 Å². The summed E-state index contributed by atoms with van der Waals surface area (Å²) < 4.78 is 0. The second-order valence-corrected chi connectivity index (χ2v) is 2.03. The van der Waals surface area contributed by atoms with Crippen LogP contribution < -0.4 is 0 Å². The van der Waals surface area contributed by atoms with Gasteiger partial charge in [-0.25, -0.2) is 0 Å². The van der Waals surface area contributed by atoms with Gasteiger partial charge in [-0.3, -0.25) is 4.90 Å². The first-order chi connectivity index (χ1) is 4.79. The number of hydrogen-bond acceptors (Lipinski definition) is 2. The fourth-order valence-corrected chi connectivity index (χ4v) is 0.900. The molecule has 56 valence electrons. The van der Waals surface area contributed by atoms with Crippen LogP contribution in [0.3, 0.4) is 0 Å². The minimum absolute atomic E-state index is 0.116. The molecule has 0 spiro atoms. The van der Waals surface area contributed by atoms with Gasteiger partial charge in [0.15, 0.2) is 0 Å². The molecule has 0 aromatic rings. The lowest BCUT2D eigenvalue weighted by Gasteiger charge is -2.20. The number of nitriles is 1. The summed E-state index contributed by atoms with van der Waals surface area (Å²) in [6.45, 7) is 9.47. The van der Waals surface area contributed by atoms with Crippen molar-refractivity contribution in [3.8, 4) is 6.07 Å². The van der Waals surface area contributed by atoms with Crippen molar-refractivity contribution in [3.63, 3.8) is 0 Å². The third kappa shape index (κ3) is 2.20. The molecule has 0 saturated heterocycles. The monoisotopic (exact) mass is 138 g/mol. The van der Waals surface area contributed by atoms with E-state index in [4.69, 9.17) is 5.26 Å². The summed E-state index contributed by atoms with van der Waals surface area (Å²) in [4.78, 5) is 2.05. The van der Waals surface area contributed by atoms with Gasteiger partial charge in [-0.2, -0.15) is 5.26 Å². The predicted molar refractivity (Wildman–Crippen MR) is 42.5 cm³/mol. The van der Waals surface area contributed by atoms with E-state index in [1.165, 1.54) is 0 Å². The third-order valence-electron chi connectivity index (χ3n) is 1.56. The van der Waals surface area contributed by atoms with Gasteiger partial charge in [-0.1, -0.05) is 19.9 Å². The summed E-state index contributed by atoms with van der Waals surface area (Å²) in [7, 11) is 0. The van der Waals surface area contributed by atoms with Crippen molar-refractivity contribution in [2.24, 2.45) is 0 Å². The lowest BCUT2D eigenvalue weighted by molar-refractivity contribution is 0.293. The summed E-state index contributed by atoms with van der Waals surface area (Å²) in [5, 5.41) is 8.60. The molecule has 0 aromatic heterocycles. The molecule has 1 unspecified atom stereocenters. The molecule has 0 aliphatic heterocycles. The minimum Gasteiger partial charge on any atom is -0.285 e. The number of hydrogen-bond donors (Lipinski definition) is 0. The van der Waals surface area contributed by atoms with Crippen molar-refractivity contribution in [1.82, 2.24) is 4.90 Å². The van der Waals surface area contributed by atoms with Crippen LogP contribution in [-0.2, 0) is 0 Å². The Bertz CT molecular complexity index is 131. The predicted octanol–water partition coefficient (Wildman–Crippen LogP) is 1.41. The Morgan fingerprint density at radius 1 is 1.60 bits per heavy atom. The van der Waals surface area contributed by atoms with Crippen LogP contribution in [0.25, 0.3) is 0 Å². The Morgan fingerprint density at radius 3 is 2.20 bits per heavy atom. The van der Waals surface area contributed by atoms with E-state index in [2.05, 4.69) is 12.6 Å². The Labute approximate surface area is 62.8 Å². The van der Waals surface area contributed by atoms with Crippen molar-refractivity contribution >= 4 is 0 Å². The van der Waals surface area contributed by atoms with Crippen LogP contribution >= 0.6 is 0 Å². The maximum absolute atomic E-state index is 8.60. The molecular formula is C8H14N2. The van der Waals surface area contributed by atoms with Crippen molar-refractivity contribution < 1.29 is 0 Å². The highest BCUT2D eigenvalue weighted by Crippen LogP contribution is 1.97. The van der Waals surface area contributed by atoms with Crippen LogP contribution in [0.15, 0.2) is 12.7 Å². The van der Waals surface area contributed by atoms with Crippen molar-refractivity contribution in [1.29, 1.82) is 5.26 Å². The molecule has 2 nitrogen and oxygen atoms in total. The average Bonchev–Trinajstić information content (AvgIpc) is 2.00. The summed E-state index contributed by atoms with van der Waals surface area (Å²) in [6, 6.07) is 2.05. The fraction of sp³-hybridized carbons (Fsp3) is 0.625. The summed E-state index contributed by atoms with van der Waals surface area (Å²) >= 11 is 0. The first-order valence-corrected chi connectivity index (χ1v) is 3.56.